The third-order valence-electron chi connectivity index (χ3n) is 4.75. The number of benzene rings is 2. The lowest BCUT2D eigenvalue weighted by Crippen LogP contribution is -2.13. The number of carbonyl (C=O) groups excluding carboxylic acids is 2. The van der Waals surface area contributed by atoms with Crippen LogP contribution in [0.4, 0.5) is 11.4 Å². The van der Waals surface area contributed by atoms with Gasteiger partial charge >= 0.3 is 5.97 Å². The molecule has 7 nitrogen and oxygen atoms in total. The second kappa shape index (κ2) is 10.9. The summed E-state index contributed by atoms with van der Waals surface area (Å²) in [6.07, 6.45) is 1.48. The highest BCUT2D eigenvalue weighted by Crippen LogP contribution is 2.19. The molecule has 1 aromatic heterocycles. The standard InChI is InChI=1S/C25H26N4O3/c1-3-32-24(30)14-22(26)21-6-4-5-7-23(21)28-15-18-9-12-20(13-10-18)29-25(31)19-11-8-17(2)27-16-19/h4-13,16,26,28H,3,14-15H2,1-2H3,(H,29,31). The molecule has 0 aliphatic rings. The summed E-state index contributed by atoms with van der Waals surface area (Å²) in [6, 6.07) is 18.5. The molecule has 7 heteroatoms. The van der Waals surface area contributed by atoms with Crippen LogP contribution >= 0.6 is 0 Å². The molecular formula is C25H26N4O3. The lowest BCUT2D eigenvalue weighted by atomic mass is 10.0. The highest BCUT2D eigenvalue weighted by Gasteiger charge is 2.12. The topological polar surface area (TPSA) is 104 Å². The van der Waals surface area contributed by atoms with Gasteiger partial charge < -0.3 is 20.8 Å². The van der Waals surface area contributed by atoms with E-state index in [9.17, 15) is 9.59 Å². The number of nitrogens with one attached hydrogen (secondary N) is 3. The SMILES string of the molecule is CCOC(=O)CC(=N)c1ccccc1NCc1ccc(NC(=O)c2ccc(C)nc2)cc1. The van der Waals surface area contributed by atoms with Crippen LogP contribution in [0.3, 0.4) is 0 Å². The van der Waals surface area contributed by atoms with Crippen molar-refractivity contribution in [1.29, 1.82) is 5.41 Å². The van der Waals surface area contributed by atoms with Crippen LogP contribution in [0.2, 0.25) is 0 Å². The summed E-state index contributed by atoms with van der Waals surface area (Å²) in [6.45, 7) is 4.44. The zero-order chi connectivity index (χ0) is 22.9. The van der Waals surface area contributed by atoms with E-state index in [-0.39, 0.29) is 18.0 Å². The van der Waals surface area contributed by atoms with Gasteiger partial charge in [0.1, 0.15) is 0 Å². The zero-order valence-corrected chi connectivity index (χ0v) is 18.1. The van der Waals surface area contributed by atoms with E-state index < -0.39 is 5.97 Å². The van der Waals surface area contributed by atoms with E-state index in [0.717, 1.165) is 16.9 Å². The van der Waals surface area contributed by atoms with Crippen molar-refractivity contribution in [2.45, 2.75) is 26.8 Å². The fourth-order valence-electron chi connectivity index (χ4n) is 3.06. The number of amides is 1. The summed E-state index contributed by atoms with van der Waals surface area (Å²) in [4.78, 5) is 28.2. The van der Waals surface area contributed by atoms with Gasteiger partial charge in [-0.3, -0.25) is 14.6 Å². The molecule has 0 bridgehead atoms. The number of ether oxygens (including phenoxy) is 1. The highest BCUT2D eigenvalue weighted by atomic mass is 16.5. The minimum atomic E-state index is -0.411. The van der Waals surface area contributed by atoms with Gasteiger partial charge in [-0.25, -0.2) is 0 Å². The normalized spacial score (nSPS) is 10.3. The second-order valence-electron chi connectivity index (χ2n) is 7.20. The van der Waals surface area contributed by atoms with E-state index in [4.69, 9.17) is 10.1 Å². The van der Waals surface area contributed by atoms with Gasteiger partial charge in [0.15, 0.2) is 0 Å². The van der Waals surface area contributed by atoms with Crippen molar-refractivity contribution in [3.63, 3.8) is 0 Å². The Labute approximate surface area is 187 Å². The molecule has 3 aromatic rings. The van der Waals surface area contributed by atoms with E-state index in [0.29, 0.717) is 30.0 Å². The molecule has 0 aliphatic heterocycles. The molecule has 0 fully saturated rings. The third-order valence-corrected chi connectivity index (χ3v) is 4.75. The predicted octanol–water partition coefficient (Wildman–Crippen LogP) is 4.58. The summed E-state index contributed by atoms with van der Waals surface area (Å²) < 4.78 is 4.94. The van der Waals surface area contributed by atoms with Crippen LogP contribution < -0.4 is 10.6 Å². The Morgan fingerprint density at radius 2 is 1.78 bits per heavy atom. The third kappa shape index (κ3) is 6.25. The van der Waals surface area contributed by atoms with Crippen LogP contribution in [-0.4, -0.2) is 29.2 Å². The summed E-state index contributed by atoms with van der Waals surface area (Å²) in [7, 11) is 0. The Morgan fingerprint density at radius 3 is 2.47 bits per heavy atom. The number of hydrogen-bond donors (Lipinski definition) is 3. The van der Waals surface area contributed by atoms with Crippen LogP contribution in [0.5, 0.6) is 0 Å². The molecule has 3 N–H and O–H groups in total. The second-order valence-corrected chi connectivity index (χ2v) is 7.20. The first-order valence-corrected chi connectivity index (χ1v) is 10.4. The number of para-hydroxylation sites is 1. The number of pyridine rings is 1. The van der Waals surface area contributed by atoms with Gasteiger partial charge in [0.2, 0.25) is 0 Å². The molecule has 0 spiro atoms. The summed E-state index contributed by atoms with van der Waals surface area (Å²) in [5.41, 5.74) is 4.69. The zero-order valence-electron chi connectivity index (χ0n) is 18.1. The van der Waals surface area contributed by atoms with Crippen LogP contribution in [-0.2, 0) is 16.1 Å². The predicted molar refractivity (Wildman–Crippen MR) is 125 cm³/mol. The number of esters is 1. The van der Waals surface area contributed by atoms with Crippen molar-refractivity contribution >= 4 is 29.0 Å². The van der Waals surface area contributed by atoms with Crippen molar-refractivity contribution in [3.05, 3.63) is 89.2 Å². The smallest absolute Gasteiger partial charge is 0.311 e. The molecule has 0 saturated heterocycles. The number of anilines is 2. The number of aryl methyl sites for hydroxylation is 1. The number of carbonyl (C=O) groups is 2. The number of nitrogens with zero attached hydrogens (tertiary/aromatic N) is 1. The van der Waals surface area contributed by atoms with Crippen LogP contribution in [0.15, 0.2) is 66.9 Å². The minimum absolute atomic E-state index is 0.0720. The quantitative estimate of drug-likeness (QED) is 0.341. The fraction of sp³-hybridized carbons (Fsp3) is 0.200. The van der Waals surface area contributed by atoms with Crippen LogP contribution in [0, 0.1) is 12.3 Å². The first-order valence-electron chi connectivity index (χ1n) is 10.4. The van der Waals surface area contributed by atoms with Crippen LogP contribution in [0.25, 0.3) is 0 Å². The first-order chi connectivity index (χ1) is 15.5. The molecule has 0 saturated carbocycles. The number of hydrogen-bond acceptors (Lipinski definition) is 6. The number of aromatic nitrogens is 1. The van der Waals surface area contributed by atoms with E-state index in [1.807, 2.05) is 55.5 Å². The van der Waals surface area contributed by atoms with Crippen molar-refractivity contribution < 1.29 is 14.3 Å². The summed E-state index contributed by atoms with van der Waals surface area (Å²) >= 11 is 0. The van der Waals surface area contributed by atoms with Gasteiger partial charge in [0.05, 0.1) is 24.3 Å². The Kier molecular flexibility index (Phi) is 7.70. The maximum Gasteiger partial charge on any atom is 0.311 e. The Balaban J connectivity index is 1.60. The molecular weight excluding hydrogens is 404 g/mol. The number of rotatable bonds is 9. The summed E-state index contributed by atoms with van der Waals surface area (Å²) in [5, 5.41) is 14.4. The van der Waals surface area contributed by atoms with Crippen molar-refractivity contribution in [2.75, 3.05) is 17.2 Å². The van der Waals surface area contributed by atoms with E-state index in [1.165, 1.54) is 0 Å². The van der Waals surface area contributed by atoms with Crippen molar-refractivity contribution in [3.8, 4) is 0 Å². The average molecular weight is 431 g/mol. The molecule has 164 valence electrons. The molecule has 1 heterocycles. The highest BCUT2D eigenvalue weighted by molar-refractivity contribution is 6.10. The lowest BCUT2D eigenvalue weighted by molar-refractivity contribution is -0.141. The maximum absolute atomic E-state index is 12.3. The van der Waals surface area contributed by atoms with Gasteiger partial charge in [0.25, 0.3) is 5.91 Å². The maximum atomic E-state index is 12.3. The molecule has 1 amide bonds. The minimum Gasteiger partial charge on any atom is -0.466 e. The van der Waals surface area contributed by atoms with Crippen molar-refractivity contribution in [1.82, 2.24) is 4.98 Å². The van der Waals surface area contributed by atoms with Gasteiger partial charge in [-0.05, 0) is 49.7 Å². The molecule has 0 unspecified atom stereocenters. The van der Waals surface area contributed by atoms with Crippen molar-refractivity contribution in [2.24, 2.45) is 0 Å². The van der Waals surface area contributed by atoms with E-state index in [2.05, 4.69) is 15.6 Å². The molecule has 32 heavy (non-hydrogen) atoms. The Bertz CT molecular complexity index is 1090. The first kappa shape index (κ1) is 22.7. The van der Waals surface area contributed by atoms with Crippen LogP contribution in [0.1, 0.15) is 40.5 Å². The largest absolute Gasteiger partial charge is 0.466 e. The van der Waals surface area contributed by atoms with Gasteiger partial charge in [-0.15, -0.1) is 0 Å². The fourth-order valence-corrected chi connectivity index (χ4v) is 3.06. The monoisotopic (exact) mass is 430 g/mol. The van der Waals surface area contributed by atoms with Gasteiger partial charge in [0, 0.05) is 35.4 Å². The van der Waals surface area contributed by atoms with Gasteiger partial charge in [-0.2, -0.15) is 0 Å². The Morgan fingerprint density at radius 1 is 1.03 bits per heavy atom. The average Bonchev–Trinajstić information content (AvgIpc) is 2.79. The molecule has 3 rings (SSSR count). The Hall–Kier alpha value is -4.00. The lowest BCUT2D eigenvalue weighted by Gasteiger charge is -2.13. The summed E-state index contributed by atoms with van der Waals surface area (Å²) in [5.74, 6) is -0.622. The molecule has 0 radical (unpaired) electrons. The molecule has 0 aliphatic carbocycles. The van der Waals surface area contributed by atoms with E-state index >= 15 is 0 Å². The van der Waals surface area contributed by atoms with E-state index in [1.54, 1.807) is 25.3 Å². The molecule has 0 atom stereocenters. The molecule has 2 aromatic carbocycles. The van der Waals surface area contributed by atoms with Gasteiger partial charge in [-0.1, -0.05) is 30.3 Å².